The Morgan fingerprint density at radius 1 is 1.13 bits per heavy atom. The molecule has 0 unspecified atom stereocenters. The predicted molar refractivity (Wildman–Crippen MR) is 130 cm³/mol. The van der Waals surface area contributed by atoms with Gasteiger partial charge in [0.25, 0.3) is 0 Å². The average Bonchev–Trinajstić information content (AvgIpc) is 3.33. The number of ether oxygens (including phenoxy) is 3. The molecule has 10 nitrogen and oxygen atoms in total. The number of nitrogens with zero attached hydrogens (tertiary/aromatic N) is 4. The number of imidazole rings is 1. The van der Waals surface area contributed by atoms with Crippen molar-refractivity contribution in [2.75, 3.05) is 24.6 Å². The van der Waals surface area contributed by atoms with Gasteiger partial charge in [-0.1, -0.05) is 6.07 Å². The summed E-state index contributed by atoms with van der Waals surface area (Å²) in [7, 11) is 0. The second-order valence-electron chi connectivity index (χ2n) is 9.29. The van der Waals surface area contributed by atoms with Gasteiger partial charge in [-0.3, -0.25) is 4.57 Å². The standard InChI is InChI=1S/C25H25F4N5O5/c26-21-11-16(12-30-17-13-33-14-23(34(35)36)31-24(33)37-15-17)1-6-22(21)32-9-7-19(8-10-32)38-18-2-4-20(5-3-18)39-25(27,28)29/h1-6,11,14,17,19,30H,7-10,12-13,15H2/t17-/m0/s1. The molecule has 0 amide bonds. The van der Waals surface area contributed by atoms with E-state index in [9.17, 15) is 27.7 Å². The molecule has 14 heteroatoms. The summed E-state index contributed by atoms with van der Waals surface area (Å²) in [6.07, 6.45) is -2.31. The number of aromatic nitrogens is 2. The van der Waals surface area contributed by atoms with Gasteiger partial charge in [0.1, 0.15) is 36.2 Å². The molecule has 1 aromatic heterocycles. The molecule has 39 heavy (non-hydrogen) atoms. The molecule has 1 saturated heterocycles. The first-order valence-corrected chi connectivity index (χ1v) is 12.3. The summed E-state index contributed by atoms with van der Waals surface area (Å²) in [5.41, 5.74) is 1.23. The Morgan fingerprint density at radius 3 is 2.51 bits per heavy atom. The largest absolute Gasteiger partial charge is 0.573 e. The molecule has 1 fully saturated rings. The van der Waals surface area contributed by atoms with Gasteiger partial charge in [-0.05, 0) is 46.9 Å². The molecule has 3 heterocycles. The van der Waals surface area contributed by atoms with Crippen LogP contribution in [-0.4, -0.2) is 52.7 Å². The van der Waals surface area contributed by atoms with Gasteiger partial charge < -0.3 is 34.5 Å². The van der Waals surface area contributed by atoms with Gasteiger partial charge in [-0.15, -0.1) is 13.2 Å². The summed E-state index contributed by atoms with van der Waals surface area (Å²) in [6, 6.07) is 10.4. The maximum absolute atomic E-state index is 15.0. The lowest BCUT2D eigenvalue weighted by atomic mass is 10.1. The Morgan fingerprint density at radius 2 is 1.85 bits per heavy atom. The van der Waals surface area contributed by atoms with Crippen molar-refractivity contribution in [3.05, 3.63) is 70.2 Å². The summed E-state index contributed by atoms with van der Waals surface area (Å²) >= 11 is 0. The molecule has 2 aliphatic heterocycles. The van der Waals surface area contributed by atoms with E-state index in [1.807, 2.05) is 11.0 Å². The monoisotopic (exact) mass is 551 g/mol. The number of rotatable bonds is 8. The number of nitrogens with one attached hydrogen (secondary N) is 1. The zero-order valence-corrected chi connectivity index (χ0v) is 20.6. The van der Waals surface area contributed by atoms with E-state index in [2.05, 4.69) is 15.0 Å². The smallest absolute Gasteiger partial charge is 0.490 e. The van der Waals surface area contributed by atoms with Crippen LogP contribution in [0.2, 0.25) is 0 Å². The Hall–Kier alpha value is -4.07. The topological polar surface area (TPSA) is 104 Å². The fraction of sp³-hybridized carbons (Fsp3) is 0.400. The highest BCUT2D eigenvalue weighted by Crippen LogP contribution is 2.29. The van der Waals surface area contributed by atoms with Crippen LogP contribution >= 0.6 is 0 Å². The van der Waals surface area contributed by atoms with Gasteiger partial charge in [-0.2, -0.15) is 0 Å². The van der Waals surface area contributed by atoms with Crippen LogP contribution in [0.25, 0.3) is 0 Å². The molecule has 3 aromatic rings. The molecule has 2 aliphatic rings. The van der Waals surface area contributed by atoms with Crippen LogP contribution in [-0.2, 0) is 13.1 Å². The second-order valence-corrected chi connectivity index (χ2v) is 9.29. The van der Waals surface area contributed by atoms with Gasteiger partial charge in [0.05, 0.1) is 11.7 Å². The van der Waals surface area contributed by atoms with Crippen molar-refractivity contribution in [3.8, 4) is 17.5 Å². The Labute approximate surface area is 220 Å². The zero-order valence-electron chi connectivity index (χ0n) is 20.6. The summed E-state index contributed by atoms with van der Waals surface area (Å²) in [6.45, 7) is 2.25. The first kappa shape index (κ1) is 26.5. The minimum atomic E-state index is -4.75. The minimum Gasteiger partial charge on any atom is -0.490 e. The number of halogens is 4. The van der Waals surface area contributed by atoms with E-state index in [1.165, 1.54) is 36.5 Å². The first-order chi connectivity index (χ1) is 18.6. The van der Waals surface area contributed by atoms with Crippen molar-refractivity contribution in [2.45, 2.75) is 44.4 Å². The van der Waals surface area contributed by atoms with Crippen molar-refractivity contribution in [1.82, 2.24) is 14.9 Å². The number of fused-ring (bicyclic) bond motifs is 1. The molecule has 0 spiro atoms. The maximum Gasteiger partial charge on any atom is 0.573 e. The third-order valence-electron chi connectivity index (χ3n) is 6.49. The number of piperidine rings is 1. The second kappa shape index (κ2) is 11.0. The van der Waals surface area contributed by atoms with Crippen LogP contribution < -0.4 is 24.4 Å². The lowest BCUT2D eigenvalue weighted by Gasteiger charge is -2.34. The predicted octanol–water partition coefficient (Wildman–Crippen LogP) is 4.43. The number of nitro groups is 1. The summed E-state index contributed by atoms with van der Waals surface area (Å²) in [4.78, 5) is 16.1. The van der Waals surface area contributed by atoms with E-state index in [0.29, 0.717) is 50.5 Å². The van der Waals surface area contributed by atoms with E-state index in [0.717, 1.165) is 5.56 Å². The van der Waals surface area contributed by atoms with E-state index in [4.69, 9.17) is 9.47 Å². The summed E-state index contributed by atoms with van der Waals surface area (Å²) in [5.74, 6) is -0.491. The SMILES string of the molecule is O=[N+]([O-])c1cn2c(n1)OC[C@@H](NCc1ccc(N3CCC(Oc4ccc(OC(F)(F)F)cc4)CC3)c(F)c1)C2. The summed E-state index contributed by atoms with van der Waals surface area (Å²) < 4.78 is 68.7. The molecule has 1 N–H and O–H groups in total. The van der Waals surface area contributed by atoms with Gasteiger partial charge in [0.2, 0.25) is 0 Å². The van der Waals surface area contributed by atoms with Gasteiger partial charge in [0.15, 0.2) is 0 Å². The number of anilines is 1. The highest BCUT2D eigenvalue weighted by molar-refractivity contribution is 5.49. The van der Waals surface area contributed by atoms with Crippen molar-refractivity contribution >= 4 is 11.5 Å². The molecular weight excluding hydrogens is 526 g/mol. The van der Waals surface area contributed by atoms with Crippen LogP contribution in [0.5, 0.6) is 17.5 Å². The molecule has 5 rings (SSSR count). The van der Waals surface area contributed by atoms with Crippen LogP contribution in [0.3, 0.4) is 0 Å². The summed E-state index contributed by atoms with van der Waals surface area (Å²) in [5, 5.41) is 14.2. The molecule has 1 atom stereocenters. The van der Waals surface area contributed by atoms with Crippen LogP contribution in [0.15, 0.2) is 48.7 Å². The quantitative estimate of drug-likeness (QED) is 0.249. The molecule has 0 saturated carbocycles. The van der Waals surface area contributed by atoms with E-state index in [1.54, 1.807) is 10.6 Å². The Kier molecular flexibility index (Phi) is 7.46. The number of benzene rings is 2. The third-order valence-corrected chi connectivity index (χ3v) is 6.49. The Balaban J connectivity index is 1.09. The van der Waals surface area contributed by atoms with Crippen molar-refractivity contribution in [3.63, 3.8) is 0 Å². The normalized spacial score (nSPS) is 17.8. The molecule has 0 radical (unpaired) electrons. The van der Waals surface area contributed by atoms with Crippen molar-refractivity contribution in [2.24, 2.45) is 0 Å². The van der Waals surface area contributed by atoms with Gasteiger partial charge in [0, 0.05) is 44.0 Å². The zero-order chi connectivity index (χ0) is 27.6. The lowest BCUT2D eigenvalue weighted by Crippen LogP contribution is -2.41. The van der Waals surface area contributed by atoms with Crippen LogP contribution in [0, 0.1) is 15.9 Å². The first-order valence-electron chi connectivity index (χ1n) is 12.3. The number of alkyl halides is 3. The van der Waals surface area contributed by atoms with Crippen molar-refractivity contribution < 1.29 is 36.7 Å². The van der Waals surface area contributed by atoms with Crippen molar-refractivity contribution in [1.29, 1.82) is 0 Å². The number of hydrogen-bond donors (Lipinski definition) is 1. The van der Waals surface area contributed by atoms with E-state index >= 15 is 0 Å². The minimum absolute atomic E-state index is 0.124. The highest BCUT2D eigenvalue weighted by Gasteiger charge is 2.31. The molecule has 0 bridgehead atoms. The maximum atomic E-state index is 15.0. The Bertz CT molecular complexity index is 1310. The fourth-order valence-corrected chi connectivity index (χ4v) is 4.61. The highest BCUT2D eigenvalue weighted by atomic mass is 19.4. The number of hydrogen-bond acceptors (Lipinski definition) is 8. The van der Waals surface area contributed by atoms with E-state index < -0.39 is 11.3 Å². The van der Waals surface area contributed by atoms with Gasteiger partial charge in [-0.25, -0.2) is 4.39 Å². The van der Waals surface area contributed by atoms with Crippen LogP contribution in [0.1, 0.15) is 18.4 Å². The molecule has 208 valence electrons. The molecule has 0 aliphatic carbocycles. The lowest BCUT2D eigenvalue weighted by molar-refractivity contribution is -0.389. The van der Waals surface area contributed by atoms with Gasteiger partial charge >= 0.3 is 18.2 Å². The van der Waals surface area contributed by atoms with E-state index in [-0.39, 0.29) is 42.1 Å². The third kappa shape index (κ3) is 6.69. The molecular formula is C25H25F4N5O5. The average molecular weight is 551 g/mol. The fourth-order valence-electron chi connectivity index (χ4n) is 4.61. The molecule has 2 aromatic carbocycles. The van der Waals surface area contributed by atoms with Crippen LogP contribution in [0.4, 0.5) is 29.1 Å².